The van der Waals surface area contributed by atoms with Crippen LogP contribution < -0.4 is 10.1 Å². The molecule has 0 atom stereocenters. The van der Waals surface area contributed by atoms with Gasteiger partial charge >= 0.3 is 11.6 Å². The van der Waals surface area contributed by atoms with Crippen molar-refractivity contribution in [3.05, 3.63) is 45.9 Å². The molecule has 0 amide bonds. The van der Waals surface area contributed by atoms with Gasteiger partial charge in [-0.2, -0.15) is 4.98 Å². The first-order valence-electron chi connectivity index (χ1n) is 6.20. The van der Waals surface area contributed by atoms with Crippen LogP contribution in [0.25, 0.3) is 0 Å². The molecule has 8 heteroatoms. The van der Waals surface area contributed by atoms with E-state index in [0.29, 0.717) is 12.1 Å². The first-order valence-corrected chi connectivity index (χ1v) is 6.20. The van der Waals surface area contributed by atoms with Crippen molar-refractivity contribution in [1.82, 2.24) is 9.97 Å². The van der Waals surface area contributed by atoms with E-state index in [2.05, 4.69) is 15.3 Å². The lowest BCUT2D eigenvalue weighted by molar-refractivity contribution is -0.386. The van der Waals surface area contributed by atoms with Crippen molar-refractivity contribution < 1.29 is 14.1 Å². The minimum Gasteiger partial charge on any atom is -0.434 e. The van der Waals surface area contributed by atoms with Crippen molar-refractivity contribution in [2.45, 2.75) is 13.8 Å². The van der Waals surface area contributed by atoms with Crippen LogP contribution in [0.2, 0.25) is 0 Å². The van der Waals surface area contributed by atoms with Gasteiger partial charge in [0.1, 0.15) is 17.8 Å². The standard InChI is InChI=1S/C13H13FN4O3/c1-3-15-13-16-7-11(18(19)20)12(17-13)21-9-4-5-10(14)8(2)6-9/h4-7H,3H2,1-2H3,(H,15,16,17). The molecule has 0 bridgehead atoms. The number of anilines is 1. The average molecular weight is 292 g/mol. The van der Waals surface area contributed by atoms with E-state index in [1.54, 1.807) is 6.92 Å². The molecule has 0 saturated heterocycles. The molecule has 7 nitrogen and oxygen atoms in total. The molecule has 0 fully saturated rings. The first kappa shape index (κ1) is 14.6. The molecule has 0 radical (unpaired) electrons. The fraction of sp³-hybridized carbons (Fsp3) is 0.231. The van der Waals surface area contributed by atoms with Gasteiger partial charge in [0, 0.05) is 6.54 Å². The third kappa shape index (κ3) is 3.41. The second kappa shape index (κ2) is 6.12. The lowest BCUT2D eigenvalue weighted by Gasteiger charge is -2.08. The number of rotatable bonds is 5. The highest BCUT2D eigenvalue weighted by atomic mass is 19.1. The van der Waals surface area contributed by atoms with Gasteiger partial charge in [-0.15, -0.1) is 0 Å². The van der Waals surface area contributed by atoms with Gasteiger partial charge < -0.3 is 10.1 Å². The zero-order valence-electron chi connectivity index (χ0n) is 11.5. The zero-order chi connectivity index (χ0) is 15.4. The molecule has 1 heterocycles. The van der Waals surface area contributed by atoms with Gasteiger partial charge in [0.05, 0.1) is 4.92 Å². The molecule has 2 aromatic rings. The number of hydrogen-bond donors (Lipinski definition) is 1. The molecule has 1 N–H and O–H groups in total. The number of nitrogens with zero attached hydrogens (tertiary/aromatic N) is 3. The van der Waals surface area contributed by atoms with E-state index in [1.807, 2.05) is 6.92 Å². The van der Waals surface area contributed by atoms with E-state index in [1.165, 1.54) is 18.2 Å². The highest BCUT2D eigenvalue weighted by Crippen LogP contribution is 2.30. The number of halogens is 1. The number of ether oxygens (including phenoxy) is 1. The summed E-state index contributed by atoms with van der Waals surface area (Å²) in [5, 5.41) is 13.8. The lowest BCUT2D eigenvalue weighted by Crippen LogP contribution is -2.05. The maximum absolute atomic E-state index is 13.2. The second-order valence-corrected chi connectivity index (χ2v) is 4.18. The average Bonchev–Trinajstić information content (AvgIpc) is 2.43. The molecule has 110 valence electrons. The number of nitro groups is 1. The van der Waals surface area contributed by atoms with Crippen LogP contribution in [-0.4, -0.2) is 21.4 Å². The van der Waals surface area contributed by atoms with Crippen molar-refractivity contribution in [3.8, 4) is 11.6 Å². The largest absolute Gasteiger partial charge is 0.434 e. The molecule has 1 aromatic carbocycles. The summed E-state index contributed by atoms with van der Waals surface area (Å²) in [6, 6.07) is 4.04. The Morgan fingerprint density at radius 3 is 2.86 bits per heavy atom. The van der Waals surface area contributed by atoms with Crippen LogP contribution in [0.3, 0.4) is 0 Å². The summed E-state index contributed by atoms with van der Waals surface area (Å²) in [5.74, 6) is -0.0973. The number of nitrogens with one attached hydrogen (secondary N) is 1. The van der Waals surface area contributed by atoms with Gasteiger partial charge in [0.15, 0.2) is 0 Å². The molecular formula is C13H13FN4O3. The summed E-state index contributed by atoms with van der Waals surface area (Å²) < 4.78 is 18.6. The third-order valence-electron chi connectivity index (χ3n) is 2.61. The fourth-order valence-corrected chi connectivity index (χ4v) is 1.60. The minimum atomic E-state index is -0.637. The Balaban J connectivity index is 2.37. The van der Waals surface area contributed by atoms with Crippen LogP contribution in [0.5, 0.6) is 11.6 Å². The van der Waals surface area contributed by atoms with Gasteiger partial charge in [-0.25, -0.2) is 9.37 Å². The first-order chi connectivity index (χ1) is 10.0. The predicted molar refractivity (Wildman–Crippen MR) is 74.1 cm³/mol. The van der Waals surface area contributed by atoms with Gasteiger partial charge in [-0.1, -0.05) is 0 Å². The van der Waals surface area contributed by atoms with Crippen LogP contribution >= 0.6 is 0 Å². The van der Waals surface area contributed by atoms with E-state index in [9.17, 15) is 14.5 Å². The normalized spacial score (nSPS) is 10.2. The summed E-state index contributed by atoms with van der Waals surface area (Å²) >= 11 is 0. The summed E-state index contributed by atoms with van der Waals surface area (Å²) in [7, 11) is 0. The molecule has 0 aliphatic carbocycles. The van der Waals surface area contributed by atoms with E-state index in [4.69, 9.17) is 4.74 Å². The van der Waals surface area contributed by atoms with Crippen LogP contribution in [0.4, 0.5) is 16.0 Å². The summed E-state index contributed by atoms with van der Waals surface area (Å²) in [6.45, 7) is 3.97. The Bertz CT molecular complexity index is 678. The molecule has 0 spiro atoms. The van der Waals surface area contributed by atoms with Gasteiger partial charge in [0.2, 0.25) is 5.95 Å². The van der Waals surface area contributed by atoms with Crippen molar-refractivity contribution in [1.29, 1.82) is 0 Å². The lowest BCUT2D eigenvalue weighted by atomic mass is 10.2. The van der Waals surface area contributed by atoms with Gasteiger partial charge in [-0.05, 0) is 37.6 Å². The SMILES string of the molecule is CCNc1ncc([N+](=O)[O-])c(Oc2ccc(F)c(C)c2)n1. The molecule has 0 unspecified atom stereocenters. The number of aryl methyl sites for hydroxylation is 1. The smallest absolute Gasteiger partial charge is 0.349 e. The van der Waals surface area contributed by atoms with Crippen molar-refractivity contribution >= 4 is 11.6 Å². The Morgan fingerprint density at radius 1 is 1.48 bits per heavy atom. The van der Waals surface area contributed by atoms with Crippen molar-refractivity contribution in [3.63, 3.8) is 0 Å². The number of hydrogen-bond acceptors (Lipinski definition) is 6. The number of aromatic nitrogens is 2. The Hall–Kier alpha value is -2.77. The predicted octanol–water partition coefficient (Wildman–Crippen LogP) is 3.06. The molecule has 21 heavy (non-hydrogen) atoms. The van der Waals surface area contributed by atoms with Gasteiger partial charge in [-0.3, -0.25) is 10.1 Å². The van der Waals surface area contributed by atoms with Crippen LogP contribution in [-0.2, 0) is 0 Å². The van der Waals surface area contributed by atoms with E-state index in [-0.39, 0.29) is 29.1 Å². The minimum absolute atomic E-state index is 0.197. The molecule has 0 saturated carbocycles. The molecule has 0 aliphatic rings. The zero-order valence-corrected chi connectivity index (χ0v) is 11.5. The summed E-state index contributed by atoms with van der Waals surface area (Å²) in [4.78, 5) is 18.1. The topological polar surface area (TPSA) is 90.2 Å². The quantitative estimate of drug-likeness (QED) is 0.672. The Labute approximate surface area is 120 Å². The number of benzene rings is 1. The molecular weight excluding hydrogens is 279 g/mol. The monoisotopic (exact) mass is 292 g/mol. The van der Waals surface area contributed by atoms with Gasteiger partial charge in [0.25, 0.3) is 0 Å². The summed E-state index contributed by atoms with van der Waals surface area (Å²) in [6.07, 6.45) is 1.07. The van der Waals surface area contributed by atoms with Crippen molar-refractivity contribution in [2.24, 2.45) is 0 Å². The molecule has 1 aromatic heterocycles. The fourth-order valence-electron chi connectivity index (χ4n) is 1.60. The summed E-state index contributed by atoms with van der Waals surface area (Å²) in [5.41, 5.74) is 0.00902. The highest BCUT2D eigenvalue weighted by molar-refractivity contribution is 5.45. The third-order valence-corrected chi connectivity index (χ3v) is 2.61. The van der Waals surface area contributed by atoms with Crippen LogP contribution in [0.15, 0.2) is 24.4 Å². The molecule has 2 rings (SSSR count). The Kier molecular flexibility index (Phi) is 4.27. The molecule has 0 aliphatic heterocycles. The van der Waals surface area contributed by atoms with Crippen LogP contribution in [0, 0.1) is 22.9 Å². The Morgan fingerprint density at radius 2 is 2.24 bits per heavy atom. The van der Waals surface area contributed by atoms with E-state index < -0.39 is 4.92 Å². The van der Waals surface area contributed by atoms with Crippen molar-refractivity contribution in [2.75, 3.05) is 11.9 Å². The van der Waals surface area contributed by atoms with E-state index >= 15 is 0 Å². The highest BCUT2D eigenvalue weighted by Gasteiger charge is 2.19. The maximum atomic E-state index is 13.2. The van der Waals surface area contributed by atoms with E-state index in [0.717, 1.165) is 6.20 Å². The maximum Gasteiger partial charge on any atom is 0.349 e. The van der Waals surface area contributed by atoms with Crippen LogP contribution in [0.1, 0.15) is 12.5 Å². The second-order valence-electron chi connectivity index (χ2n) is 4.18.